The van der Waals surface area contributed by atoms with Crippen LogP contribution in [0.5, 0.6) is 11.5 Å². The van der Waals surface area contributed by atoms with Crippen molar-refractivity contribution in [2.24, 2.45) is 0 Å². The summed E-state index contributed by atoms with van der Waals surface area (Å²) in [5.41, 5.74) is 1.04. The summed E-state index contributed by atoms with van der Waals surface area (Å²) in [6.07, 6.45) is 2.05. The highest BCUT2D eigenvalue weighted by Crippen LogP contribution is 2.32. The number of ether oxygens (including phenoxy) is 1. The van der Waals surface area contributed by atoms with Gasteiger partial charge in [-0.25, -0.2) is 8.42 Å². The largest absolute Gasteiger partial charge is 0.455 e. The summed E-state index contributed by atoms with van der Waals surface area (Å²) in [6.45, 7) is 2.82. The molecule has 3 N–H and O–H groups in total. The van der Waals surface area contributed by atoms with Crippen molar-refractivity contribution in [3.05, 3.63) is 48.5 Å². The lowest BCUT2D eigenvalue weighted by Gasteiger charge is -2.15. The average molecular weight is 380 g/mol. The first-order valence-corrected chi connectivity index (χ1v) is 10.1. The van der Waals surface area contributed by atoms with E-state index in [1.54, 1.807) is 30.3 Å². The van der Waals surface area contributed by atoms with E-state index < -0.39 is 10.0 Å². The maximum absolute atomic E-state index is 11.6. The molecule has 2 aromatic rings. The van der Waals surface area contributed by atoms with E-state index in [1.165, 1.54) is 0 Å². The van der Waals surface area contributed by atoms with Crippen molar-refractivity contribution >= 4 is 38.7 Å². The van der Waals surface area contributed by atoms with Crippen molar-refractivity contribution in [2.75, 3.05) is 22.8 Å². The van der Waals surface area contributed by atoms with Crippen LogP contribution in [0.25, 0.3) is 0 Å². The molecule has 0 aromatic heterocycles. The minimum Gasteiger partial charge on any atom is -0.455 e. The standard InChI is InChI=1S/C17H21N3O3S2/c1-3-11-18-17(24)19-13-9-10-15(20-25(2,21)22)16(12-13)23-14-7-5-4-6-8-14/h4-10,12,20H,3,11H2,1-2H3,(H2,18,19,24). The lowest BCUT2D eigenvalue weighted by molar-refractivity contribution is 0.485. The molecule has 0 fully saturated rings. The van der Waals surface area contributed by atoms with Crippen LogP contribution in [0, 0.1) is 0 Å². The van der Waals surface area contributed by atoms with Gasteiger partial charge >= 0.3 is 0 Å². The molecule has 2 rings (SSSR count). The molecule has 0 aliphatic heterocycles. The summed E-state index contributed by atoms with van der Waals surface area (Å²) in [5, 5.41) is 6.62. The van der Waals surface area contributed by atoms with Crippen LogP contribution < -0.4 is 20.1 Å². The lowest BCUT2D eigenvalue weighted by Crippen LogP contribution is -2.28. The van der Waals surface area contributed by atoms with Crippen LogP contribution in [0.4, 0.5) is 11.4 Å². The normalized spacial score (nSPS) is 10.8. The van der Waals surface area contributed by atoms with Crippen LogP contribution in [0.15, 0.2) is 48.5 Å². The fourth-order valence-corrected chi connectivity index (χ4v) is 2.79. The van der Waals surface area contributed by atoms with Gasteiger partial charge in [-0.15, -0.1) is 0 Å². The van der Waals surface area contributed by atoms with Crippen LogP contribution in [0.1, 0.15) is 13.3 Å². The minimum atomic E-state index is -3.43. The Morgan fingerprint density at radius 2 is 1.88 bits per heavy atom. The number of nitrogens with one attached hydrogen (secondary N) is 3. The highest BCUT2D eigenvalue weighted by atomic mass is 32.2. The number of rotatable bonds is 7. The van der Waals surface area contributed by atoms with Gasteiger partial charge in [-0.3, -0.25) is 4.72 Å². The average Bonchev–Trinajstić information content (AvgIpc) is 2.55. The number of hydrogen-bond donors (Lipinski definition) is 3. The third kappa shape index (κ3) is 6.60. The number of anilines is 2. The van der Waals surface area contributed by atoms with Crippen molar-refractivity contribution in [2.45, 2.75) is 13.3 Å². The smallest absolute Gasteiger partial charge is 0.229 e. The first kappa shape index (κ1) is 19.0. The molecule has 6 nitrogen and oxygen atoms in total. The van der Waals surface area contributed by atoms with Gasteiger partial charge in [0.2, 0.25) is 10.0 Å². The Labute approximate surface area is 153 Å². The lowest BCUT2D eigenvalue weighted by atomic mass is 10.2. The zero-order valence-electron chi connectivity index (χ0n) is 14.1. The topological polar surface area (TPSA) is 79.5 Å². The van der Waals surface area contributed by atoms with Gasteiger partial charge in [0.25, 0.3) is 0 Å². The van der Waals surface area contributed by atoms with Gasteiger partial charge in [0, 0.05) is 18.3 Å². The molecule has 0 radical (unpaired) electrons. The molecule has 0 bridgehead atoms. The van der Waals surface area contributed by atoms with E-state index in [0.717, 1.165) is 19.2 Å². The van der Waals surface area contributed by atoms with Crippen LogP contribution >= 0.6 is 12.2 Å². The fraction of sp³-hybridized carbons (Fsp3) is 0.235. The molecular formula is C17H21N3O3S2. The van der Waals surface area contributed by atoms with Crippen LogP contribution in [0.2, 0.25) is 0 Å². The number of para-hydroxylation sites is 1. The molecule has 8 heteroatoms. The predicted molar refractivity (Wildman–Crippen MR) is 106 cm³/mol. The van der Waals surface area contributed by atoms with Crippen LogP contribution in [-0.2, 0) is 10.0 Å². The van der Waals surface area contributed by atoms with E-state index in [0.29, 0.717) is 28.0 Å². The summed E-state index contributed by atoms with van der Waals surface area (Å²) in [7, 11) is -3.43. The zero-order chi connectivity index (χ0) is 18.3. The number of thiocarbonyl (C=S) groups is 1. The van der Waals surface area contributed by atoms with Gasteiger partial charge in [0.15, 0.2) is 10.9 Å². The molecule has 25 heavy (non-hydrogen) atoms. The van der Waals surface area contributed by atoms with Gasteiger partial charge in [0.1, 0.15) is 5.75 Å². The fourth-order valence-electron chi connectivity index (χ4n) is 2.00. The molecule has 134 valence electrons. The van der Waals surface area contributed by atoms with Gasteiger partial charge < -0.3 is 15.4 Å². The van der Waals surface area contributed by atoms with Crippen molar-refractivity contribution < 1.29 is 13.2 Å². The van der Waals surface area contributed by atoms with Gasteiger partial charge in [-0.1, -0.05) is 25.1 Å². The summed E-state index contributed by atoms with van der Waals surface area (Å²) >= 11 is 5.22. The van der Waals surface area contributed by atoms with Gasteiger partial charge in [0.05, 0.1) is 11.9 Å². The highest BCUT2D eigenvalue weighted by molar-refractivity contribution is 7.92. The molecule has 0 spiro atoms. The van der Waals surface area contributed by atoms with Gasteiger partial charge in [-0.05, 0) is 42.9 Å². The third-order valence-corrected chi connectivity index (χ3v) is 3.88. The highest BCUT2D eigenvalue weighted by Gasteiger charge is 2.11. The molecule has 0 amide bonds. The van der Waals surface area contributed by atoms with E-state index in [-0.39, 0.29) is 0 Å². The van der Waals surface area contributed by atoms with Crippen LogP contribution in [0.3, 0.4) is 0 Å². The Bertz CT molecular complexity index is 824. The Morgan fingerprint density at radius 3 is 2.52 bits per heavy atom. The summed E-state index contributed by atoms with van der Waals surface area (Å²) in [6, 6.07) is 14.2. The Balaban J connectivity index is 2.26. The minimum absolute atomic E-state index is 0.351. The monoisotopic (exact) mass is 379 g/mol. The molecule has 0 aliphatic rings. The van der Waals surface area contributed by atoms with Crippen molar-refractivity contribution in [3.8, 4) is 11.5 Å². The van der Waals surface area contributed by atoms with E-state index in [9.17, 15) is 8.42 Å². The van der Waals surface area contributed by atoms with E-state index in [2.05, 4.69) is 15.4 Å². The second kappa shape index (κ2) is 8.68. The number of sulfonamides is 1. The molecule has 0 unspecified atom stereocenters. The molecular weight excluding hydrogens is 358 g/mol. The third-order valence-electron chi connectivity index (χ3n) is 3.04. The van der Waals surface area contributed by atoms with E-state index in [4.69, 9.17) is 17.0 Å². The second-order valence-electron chi connectivity index (χ2n) is 5.38. The Morgan fingerprint density at radius 1 is 1.16 bits per heavy atom. The van der Waals surface area contributed by atoms with E-state index >= 15 is 0 Å². The summed E-state index contributed by atoms with van der Waals surface area (Å²) in [4.78, 5) is 0. The first-order valence-electron chi connectivity index (χ1n) is 7.77. The second-order valence-corrected chi connectivity index (χ2v) is 7.54. The molecule has 2 aromatic carbocycles. The van der Waals surface area contributed by atoms with Crippen molar-refractivity contribution in [3.63, 3.8) is 0 Å². The maximum atomic E-state index is 11.6. The van der Waals surface area contributed by atoms with Crippen molar-refractivity contribution in [1.82, 2.24) is 5.32 Å². The SMILES string of the molecule is CCCNC(=S)Nc1ccc(NS(C)(=O)=O)c(Oc2ccccc2)c1. The molecule has 0 atom stereocenters. The molecule has 0 heterocycles. The zero-order valence-corrected chi connectivity index (χ0v) is 15.7. The van der Waals surface area contributed by atoms with Crippen molar-refractivity contribution in [1.29, 1.82) is 0 Å². The first-order chi connectivity index (χ1) is 11.9. The van der Waals surface area contributed by atoms with Gasteiger partial charge in [-0.2, -0.15) is 0 Å². The Kier molecular flexibility index (Phi) is 6.60. The number of hydrogen-bond acceptors (Lipinski definition) is 4. The molecule has 0 saturated heterocycles. The molecule has 0 aliphatic carbocycles. The molecule has 0 saturated carbocycles. The summed E-state index contributed by atoms with van der Waals surface area (Å²) in [5.74, 6) is 0.975. The Hall–Kier alpha value is -2.32. The van der Waals surface area contributed by atoms with E-state index in [1.807, 2.05) is 25.1 Å². The number of benzene rings is 2. The summed E-state index contributed by atoms with van der Waals surface area (Å²) < 4.78 is 31.4. The maximum Gasteiger partial charge on any atom is 0.229 e. The predicted octanol–water partition coefficient (Wildman–Crippen LogP) is 3.55. The van der Waals surface area contributed by atoms with Crippen LogP contribution in [-0.4, -0.2) is 26.3 Å². The quantitative estimate of drug-likeness (QED) is 0.639.